The van der Waals surface area contributed by atoms with Crippen LogP contribution < -0.4 is 5.32 Å². The number of hydrogen-bond acceptors (Lipinski definition) is 3. The van der Waals surface area contributed by atoms with Crippen LogP contribution in [0.1, 0.15) is 11.8 Å². The number of nitrogens with one attached hydrogen (secondary N) is 1. The molecule has 0 aromatic carbocycles. The van der Waals surface area contributed by atoms with Gasteiger partial charge in [0, 0.05) is 26.2 Å². The highest BCUT2D eigenvalue weighted by Gasteiger charge is 2.46. The average molecular weight is 307 g/mol. The quantitative estimate of drug-likeness (QED) is 0.910. The highest BCUT2D eigenvalue weighted by molar-refractivity contribution is 5.85. The standard InChI is InChI=1S/C10H13F3N2O.2ClH/c11-10(12,13)9(8-2-1-7-16-8)15-5-3-14-4-6-15;;/h1-2,7,9,14H,3-6H2;2*1H/t9-;;/m0../s1. The summed E-state index contributed by atoms with van der Waals surface area (Å²) in [6.07, 6.45) is -3.02. The molecule has 1 aliphatic rings. The van der Waals surface area contributed by atoms with E-state index in [1.165, 1.54) is 23.3 Å². The molecule has 0 aliphatic carbocycles. The van der Waals surface area contributed by atoms with Gasteiger partial charge in [-0.1, -0.05) is 0 Å². The highest BCUT2D eigenvalue weighted by Crippen LogP contribution is 2.37. The molecule has 2 heterocycles. The Balaban J connectivity index is 0.00000144. The first-order chi connectivity index (χ1) is 7.59. The number of alkyl halides is 3. The topological polar surface area (TPSA) is 28.4 Å². The number of hydrogen-bond donors (Lipinski definition) is 1. The predicted octanol–water partition coefficient (Wildman–Crippen LogP) is 2.63. The van der Waals surface area contributed by atoms with Gasteiger partial charge in [0.15, 0.2) is 6.04 Å². The van der Waals surface area contributed by atoms with Gasteiger partial charge in [-0.05, 0) is 12.1 Å². The molecule has 3 nitrogen and oxygen atoms in total. The maximum Gasteiger partial charge on any atom is 0.411 e. The van der Waals surface area contributed by atoms with Gasteiger partial charge in [-0.25, -0.2) is 0 Å². The van der Waals surface area contributed by atoms with Crippen molar-refractivity contribution in [3.05, 3.63) is 24.2 Å². The molecule has 0 saturated carbocycles. The fourth-order valence-corrected chi connectivity index (χ4v) is 1.94. The van der Waals surface area contributed by atoms with Gasteiger partial charge in [0.25, 0.3) is 0 Å². The Bertz CT molecular complexity index is 326. The van der Waals surface area contributed by atoms with Crippen LogP contribution in [0.3, 0.4) is 0 Å². The van der Waals surface area contributed by atoms with Gasteiger partial charge in [0.05, 0.1) is 6.26 Å². The molecule has 2 rings (SSSR count). The molecule has 106 valence electrons. The number of piperazine rings is 1. The Labute approximate surface area is 116 Å². The molecule has 1 aromatic rings. The second-order valence-electron chi connectivity index (χ2n) is 3.75. The summed E-state index contributed by atoms with van der Waals surface area (Å²) in [5, 5.41) is 3.03. The van der Waals surface area contributed by atoms with Crippen LogP contribution >= 0.6 is 24.8 Å². The van der Waals surface area contributed by atoms with Gasteiger partial charge in [-0.2, -0.15) is 13.2 Å². The van der Waals surface area contributed by atoms with E-state index in [1.807, 2.05) is 0 Å². The van der Waals surface area contributed by atoms with E-state index in [9.17, 15) is 13.2 Å². The van der Waals surface area contributed by atoms with E-state index in [1.54, 1.807) is 0 Å². The lowest BCUT2D eigenvalue weighted by molar-refractivity contribution is -0.192. The predicted molar refractivity (Wildman–Crippen MR) is 66.4 cm³/mol. The van der Waals surface area contributed by atoms with Crippen LogP contribution in [0.25, 0.3) is 0 Å². The van der Waals surface area contributed by atoms with Crippen LogP contribution in [0.4, 0.5) is 13.2 Å². The van der Waals surface area contributed by atoms with E-state index in [-0.39, 0.29) is 30.6 Å². The second-order valence-corrected chi connectivity index (χ2v) is 3.75. The summed E-state index contributed by atoms with van der Waals surface area (Å²) in [6.45, 7) is 1.91. The summed E-state index contributed by atoms with van der Waals surface area (Å²) in [6, 6.07) is 1.24. The van der Waals surface area contributed by atoms with Crippen molar-refractivity contribution in [2.24, 2.45) is 0 Å². The molecule has 1 aliphatic heterocycles. The molecule has 1 saturated heterocycles. The Morgan fingerprint density at radius 1 is 1.22 bits per heavy atom. The number of halogens is 5. The normalized spacial score (nSPS) is 18.6. The third-order valence-corrected chi connectivity index (χ3v) is 2.64. The van der Waals surface area contributed by atoms with Crippen molar-refractivity contribution in [1.82, 2.24) is 10.2 Å². The van der Waals surface area contributed by atoms with Gasteiger partial charge in [0.1, 0.15) is 5.76 Å². The number of furan rings is 1. The first-order valence-corrected chi connectivity index (χ1v) is 5.14. The summed E-state index contributed by atoms with van der Waals surface area (Å²) in [5.41, 5.74) is 0. The van der Waals surface area contributed by atoms with Crippen molar-refractivity contribution in [2.75, 3.05) is 26.2 Å². The van der Waals surface area contributed by atoms with Crippen LogP contribution in [-0.4, -0.2) is 37.3 Å². The highest BCUT2D eigenvalue weighted by atomic mass is 35.5. The van der Waals surface area contributed by atoms with Gasteiger partial charge in [-0.15, -0.1) is 24.8 Å². The molecule has 0 amide bonds. The molecule has 1 atom stereocenters. The van der Waals surface area contributed by atoms with E-state index >= 15 is 0 Å². The molecule has 1 aromatic heterocycles. The maximum atomic E-state index is 12.9. The molecule has 0 spiro atoms. The van der Waals surface area contributed by atoms with Gasteiger partial charge in [0.2, 0.25) is 0 Å². The summed E-state index contributed by atoms with van der Waals surface area (Å²) < 4.78 is 43.7. The summed E-state index contributed by atoms with van der Waals surface area (Å²) in [4.78, 5) is 1.40. The van der Waals surface area contributed by atoms with E-state index in [2.05, 4.69) is 5.32 Å². The van der Waals surface area contributed by atoms with Crippen LogP contribution in [0.5, 0.6) is 0 Å². The largest absolute Gasteiger partial charge is 0.467 e. The van der Waals surface area contributed by atoms with E-state index in [0.29, 0.717) is 26.2 Å². The fraction of sp³-hybridized carbons (Fsp3) is 0.600. The lowest BCUT2D eigenvalue weighted by Gasteiger charge is -2.34. The SMILES string of the molecule is Cl.Cl.FC(F)(F)[C@H](c1ccco1)N1CCNCC1. The van der Waals surface area contributed by atoms with Crippen molar-refractivity contribution in [1.29, 1.82) is 0 Å². The minimum atomic E-state index is -4.30. The Morgan fingerprint density at radius 2 is 1.83 bits per heavy atom. The van der Waals surface area contributed by atoms with Crippen molar-refractivity contribution in [3.63, 3.8) is 0 Å². The summed E-state index contributed by atoms with van der Waals surface area (Å²) >= 11 is 0. The van der Waals surface area contributed by atoms with Crippen molar-refractivity contribution >= 4 is 24.8 Å². The van der Waals surface area contributed by atoms with Crippen molar-refractivity contribution in [3.8, 4) is 0 Å². The van der Waals surface area contributed by atoms with Crippen LogP contribution in [-0.2, 0) is 0 Å². The van der Waals surface area contributed by atoms with Crippen molar-refractivity contribution in [2.45, 2.75) is 12.2 Å². The average Bonchev–Trinajstić information content (AvgIpc) is 2.71. The Hall–Kier alpha value is -0.430. The summed E-state index contributed by atoms with van der Waals surface area (Å²) in [7, 11) is 0. The zero-order valence-electron chi connectivity index (χ0n) is 9.44. The molecule has 8 heteroatoms. The van der Waals surface area contributed by atoms with Crippen LogP contribution in [0.2, 0.25) is 0 Å². The van der Waals surface area contributed by atoms with Crippen LogP contribution in [0, 0.1) is 0 Å². The molecule has 0 bridgehead atoms. The summed E-state index contributed by atoms with van der Waals surface area (Å²) in [5.74, 6) is -0.0330. The van der Waals surface area contributed by atoms with Crippen LogP contribution in [0.15, 0.2) is 22.8 Å². The van der Waals surface area contributed by atoms with E-state index in [4.69, 9.17) is 4.42 Å². The third kappa shape index (κ3) is 4.05. The molecule has 0 radical (unpaired) electrons. The molecular weight excluding hydrogens is 292 g/mol. The molecule has 18 heavy (non-hydrogen) atoms. The minimum absolute atomic E-state index is 0. The van der Waals surface area contributed by atoms with E-state index < -0.39 is 12.2 Å². The van der Waals surface area contributed by atoms with Crippen molar-refractivity contribution < 1.29 is 17.6 Å². The van der Waals surface area contributed by atoms with Gasteiger partial charge in [-0.3, -0.25) is 4.90 Å². The Kier molecular flexibility index (Phi) is 7.06. The Morgan fingerprint density at radius 3 is 2.28 bits per heavy atom. The molecule has 1 N–H and O–H groups in total. The molecule has 1 fully saturated rings. The first-order valence-electron chi connectivity index (χ1n) is 5.14. The van der Waals surface area contributed by atoms with Gasteiger partial charge < -0.3 is 9.73 Å². The maximum absolute atomic E-state index is 12.9. The number of rotatable bonds is 2. The molecule has 0 unspecified atom stereocenters. The number of nitrogens with zero attached hydrogens (tertiary/aromatic N) is 1. The smallest absolute Gasteiger partial charge is 0.411 e. The monoisotopic (exact) mass is 306 g/mol. The second kappa shape index (κ2) is 7.23. The lowest BCUT2D eigenvalue weighted by atomic mass is 10.1. The van der Waals surface area contributed by atoms with Gasteiger partial charge >= 0.3 is 6.18 Å². The zero-order chi connectivity index (χ0) is 11.6. The molecular formula is C10H15Cl2F3N2O. The van der Waals surface area contributed by atoms with E-state index in [0.717, 1.165) is 0 Å². The fourth-order valence-electron chi connectivity index (χ4n) is 1.94. The first kappa shape index (κ1) is 17.6. The zero-order valence-corrected chi connectivity index (χ0v) is 11.1. The third-order valence-electron chi connectivity index (χ3n) is 2.64. The minimum Gasteiger partial charge on any atom is -0.467 e. The lowest BCUT2D eigenvalue weighted by Crippen LogP contribution is -2.48.